The zero-order valence-corrected chi connectivity index (χ0v) is 10.6. The van der Waals surface area contributed by atoms with E-state index in [2.05, 4.69) is 26.1 Å². The smallest absolute Gasteiger partial charge is 0.262 e. The number of rotatable bonds is 2. The maximum atomic E-state index is 9.76. The molecule has 0 unspecified atom stereocenters. The monoisotopic (exact) mass is 306 g/mol. The van der Waals surface area contributed by atoms with Gasteiger partial charge in [0.15, 0.2) is 5.76 Å². The van der Waals surface area contributed by atoms with Crippen LogP contribution in [0.3, 0.4) is 0 Å². The van der Waals surface area contributed by atoms with Gasteiger partial charge in [0.2, 0.25) is 5.82 Å². The van der Waals surface area contributed by atoms with Crippen molar-refractivity contribution in [2.24, 2.45) is 0 Å². The standard InChI is InChI=1S/C12H7BrN2O3/c13-7-3-4-9(16)8(6-7)12-14-11(15-18-12)10-2-1-5-17-10/h1-6,16H. The van der Waals surface area contributed by atoms with Gasteiger partial charge in [-0.25, -0.2) is 0 Å². The van der Waals surface area contributed by atoms with Crippen molar-refractivity contribution in [3.05, 3.63) is 41.1 Å². The number of furan rings is 1. The molecule has 0 saturated carbocycles. The number of phenols is 1. The van der Waals surface area contributed by atoms with Crippen LogP contribution < -0.4 is 0 Å². The van der Waals surface area contributed by atoms with E-state index in [4.69, 9.17) is 8.94 Å². The van der Waals surface area contributed by atoms with E-state index >= 15 is 0 Å². The Morgan fingerprint density at radius 1 is 1.22 bits per heavy atom. The lowest BCUT2D eigenvalue weighted by Crippen LogP contribution is -1.80. The lowest BCUT2D eigenvalue weighted by Gasteiger charge is -1.98. The predicted octanol–water partition coefficient (Wildman–Crippen LogP) is 3.46. The Kier molecular flexibility index (Phi) is 2.64. The van der Waals surface area contributed by atoms with E-state index in [0.717, 1.165) is 4.47 Å². The van der Waals surface area contributed by atoms with Crippen LogP contribution in [0.4, 0.5) is 0 Å². The average molecular weight is 307 g/mol. The van der Waals surface area contributed by atoms with Gasteiger partial charge in [0.25, 0.3) is 5.89 Å². The lowest BCUT2D eigenvalue weighted by molar-refractivity contribution is 0.423. The maximum Gasteiger partial charge on any atom is 0.262 e. The summed E-state index contributed by atoms with van der Waals surface area (Å²) in [5, 5.41) is 13.6. The Morgan fingerprint density at radius 3 is 2.89 bits per heavy atom. The molecule has 0 bridgehead atoms. The van der Waals surface area contributed by atoms with Crippen LogP contribution in [0.2, 0.25) is 0 Å². The topological polar surface area (TPSA) is 72.3 Å². The number of hydrogen-bond acceptors (Lipinski definition) is 5. The molecule has 0 radical (unpaired) electrons. The molecule has 0 fully saturated rings. The molecule has 0 aliphatic carbocycles. The van der Waals surface area contributed by atoms with Crippen LogP contribution in [-0.4, -0.2) is 15.2 Å². The molecule has 2 aromatic heterocycles. The van der Waals surface area contributed by atoms with Gasteiger partial charge in [-0.05, 0) is 30.3 Å². The molecule has 0 atom stereocenters. The van der Waals surface area contributed by atoms with E-state index in [9.17, 15) is 5.11 Å². The van der Waals surface area contributed by atoms with E-state index in [1.165, 1.54) is 6.26 Å². The minimum absolute atomic E-state index is 0.0767. The van der Waals surface area contributed by atoms with Crippen LogP contribution in [-0.2, 0) is 0 Å². The summed E-state index contributed by atoms with van der Waals surface area (Å²) >= 11 is 3.32. The quantitative estimate of drug-likeness (QED) is 0.785. The fourth-order valence-electron chi connectivity index (χ4n) is 1.52. The summed E-state index contributed by atoms with van der Waals surface area (Å²) in [7, 11) is 0. The second-order valence-corrected chi connectivity index (χ2v) is 4.48. The second-order valence-electron chi connectivity index (χ2n) is 3.56. The Labute approximate surface area is 110 Å². The lowest BCUT2D eigenvalue weighted by atomic mass is 10.2. The molecule has 18 heavy (non-hydrogen) atoms. The van der Waals surface area contributed by atoms with Gasteiger partial charge in [0.05, 0.1) is 11.8 Å². The number of benzene rings is 1. The van der Waals surface area contributed by atoms with E-state index in [1.807, 2.05) is 0 Å². The Morgan fingerprint density at radius 2 is 2.11 bits per heavy atom. The summed E-state index contributed by atoms with van der Waals surface area (Å²) in [5.41, 5.74) is 0.467. The fraction of sp³-hybridized carbons (Fsp3) is 0. The maximum absolute atomic E-state index is 9.76. The SMILES string of the molecule is Oc1ccc(Br)cc1-c1nc(-c2ccco2)no1. The van der Waals surface area contributed by atoms with Gasteiger partial charge in [-0.3, -0.25) is 0 Å². The van der Waals surface area contributed by atoms with Gasteiger partial charge in [-0.2, -0.15) is 4.98 Å². The summed E-state index contributed by atoms with van der Waals surface area (Å²) < 4.78 is 11.1. The van der Waals surface area contributed by atoms with Gasteiger partial charge < -0.3 is 14.0 Å². The highest BCUT2D eigenvalue weighted by molar-refractivity contribution is 9.10. The van der Waals surface area contributed by atoms with E-state index in [1.54, 1.807) is 30.3 Å². The minimum Gasteiger partial charge on any atom is -0.507 e. The molecule has 0 aliphatic heterocycles. The van der Waals surface area contributed by atoms with E-state index in [0.29, 0.717) is 17.1 Å². The molecule has 3 rings (SSSR count). The zero-order chi connectivity index (χ0) is 12.5. The van der Waals surface area contributed by atoms with Crippen LogP contribution >= 0.6 is 15.9 Å². The summed E-state index contributed by atoms with van der Waals surface area (Å²) in [4.78, 5) is 4.17. The number of hydrogen-bond donors (Lipinski definition) is 1. The summed E-state index contributed by atoms with van der Waals surface area (Å²) in [5.74, 6) is 1.17. The summed E-state index contributed by atoms with van der Waals surface area (Å²) in [6.07, 6.45) is 1.53. The van der Waals surface area contributed by atoms with Gasteiger partial charge in [-0.15, -0.1) is 0 Å². The van der Waals surface area contributed by atoms with Crippen LogP contribution in [0.25, 0.3) is 23.0 Å². The minimum atomic E-state index is 0.0767. The van der Waals surface area contributed by atoms with Crippen LogP contribution in [0.15, 0.2) is 50.0 Å². The highest BCUT2D eigenvalue weighted by Crippen LogP contribution is 2.31. The first-order valence-electron chi connectivity index (χ1n) is 5.10. The highest BCUT2D eigenvalue weighted by Gasteiger charge is 2.15. The van der Waals surface area contributed by atoms with Crippen molar-refractivity contribution in [1.82, 2.24) is 10.1 Å². The van der Waals surface area contributed by atoms with E-state index < -0.39 is 0 Å². The Bertz CT molecular complexity index is 676. The molecular formula is C12H7BrN2O3. The predicted molar refractivity (Wildman–Crippen MR) is 66.8 cm³/mol. The van der Waals surface area contributed by atoms with Crippen molar-refractivity contribution in [2.45, 2.75) is 0 Å². The molecule has 6 heteroatoms. The Hall–Kier alpha value is -2.08. The first kappa shape index (κ1) is 11.0. The molecule has 0 amide bonds. The van der Waals surface area contributed by atoms with Crippen LogP contribution in [0.1, 0.15) is 0 Å². The van der Waals surface area contributed by atoms with Crippen LogP contribution in [0.5, 0.6) is 5.75 Å². The first-order chi connectivity index (χ1) is 8.74. The number of nitrogens with zero attached hydrogens (tertiary/aromatic N) is 2. The number of aromatic hydroxyl groups is 1. The summed E-state index contributed by atoms with van der Waals surface area (Å²) in [6, 6.07) is 8.45. The first-order valence-corrected chi connectivity index (χ1v) is 5.90. The molecular weight excluding hydrogens is 300 g/mol. The van der Waals surface area contributed by atoms with Gasteiger partial charge in [-0.1, -0.05) is 21.1 Å². The van der Waals surface area contributed by atoms with Gasteiger partial charge >= 0.3 is 0 Å². The molecule has 0 spiro atoms. The largest absolute Gasteiger partial charge is 0.507 e. The molecule has 1 aromatic carbocycles. The van der Waals surface area contributed by atoms with Crippen molar-refractivity contribution >= 4 is 15.9 Å². The number of phenolic OH excluding ortho intramolecular Hbond substituents is 1. The molecule has 0 aliphatic rings. The van der Waals surface area contributed by atoms with E-state index in [-0.39, 0.29) is 11.6 Å². The van der Waals surface area contributed by atoms with Gasteiger partial charge in [0.1, 0.15) is 5.75 Å². The summed E-state index contributed by atoms with van der Waals surface area (Å²) in [6.45, 7) is 0. The van der Waals surface area contributed by atoms with Crippen molar-refractivity contribution in [3.63, 3.8) is 0 Å². The average Bonchev–Trinajstić information content (AvgIpc) is 3.00. The van der Waals surface area contributed by atoms with Crippen LogP contribution in [0, 0.1) is 0 Å². The zero-order valence-electron chi connectivity index (χ0n) is 9.00. The molecule has 2 heterocycles. The van der Waals surface area contributed by atoms with Crippen molar-refractivity contribution < 1.29 is 14.0 Å². The molecule has 3 aromatic rings. The molecule has 0 saturated heterocycles. The molecule has 1 N–H and O–H groups in total. The third kappa shape index (κ3) is 1.91. The normalized spacial score (nSPS) is 10.7. The highest BCUT2D eigenvalue weighted by atomic mass is 79.9. The molecule has 5 nitrogen and oxygen atoms in total. The Balaban J connectivity index is 2.05. The van der Waals surface area contributed by atoms with Crippen molar-refractivity contribution in [3.8, 4) is 28.8 Å². The van der Waals surface area contributed by atoms with Crippen molar-refractivity contribution in [2.75, 3.05) is 0 Å². The number of halogens is 1. The van der Waals surface area contributed by atoms with Gasteiger partial charge in [0, 0.05) is 4.47 Å². The fourth-order valence-corrected chi connectivity index (χ4v) is 1.88. The number of aromatic nitrogens is 2. The third-order valence-corrected chi connectivity index (χ3v) is 2.85. The molecule has 90 valence electrons. The van der Waals surface area contributed by atoms with Crippen molar-refractivity contribution in [1.29, 1.82) is 0 Å². The third-order valence-electron chi connectivity index (χ3n) is 2.36. The second kappa shape index (κ2) is 4.30.